The Kier molecular flexibility index (Phi) is 7.25. The normalized spacial score (nSPS) is 13.7. The molecule has 0 aromatic heterocycles. The molecule has 0 aliphatic carbocycles. The number of benzene rings is 1. The van der Waals surface area contributed by atoms with Crippen molar-refractivity contribution in [2.75, 3.05) is 13.2 Å². The fraction of sp³-hybridized carbons (Fsp3) is 0.611. The number of rotatable bonds is 9. The van der Waals surface area contributed by atoms with Gasteiger partial charge in [-0.1, -0.05) is 39.8 Å². The quantitative estimate of drug-likeness (QED) is 0.691. The number of nitriles is 1. The Morgan fingerprint density at radius 2 is 1.90 bits per heavy atom. The molecular formula is C18H28N2O. The molecule has 0 amide bonds. The van der Waals surface area contributed by atoms with Gasteiger partial charge in [-0.25, -0.2) is 0 Å². The zero-order valence-electron chi connectivity index (χ0n) is 13.8. The average molecular weight is 288 g/mol. The van der Waals surface area contributed by atoms with E-state index in [1.54, 1.807) is 0 Å². The first-order valence-electron chi connectivity index (χ1n) is 7.96. The lowest BCUT2D eigenvalue weighted by molar-refractivity contribution is 0.277. The summed E-state index contributed by atoms with van der Waals surface area (Å²) in [6.45, 7) is 9.92. The van der Waals surface area contributed by atoms with Gasteiger partial charge in [0.15, 0.2) is 0 Å². The van der Waals surface area contributed by atoms with Crippen molar-refractivity contribution in [3.63, 3.8) is 0 Å². The zero-order chi connectivity index (χ0) is 15.7. The number of ether oxygens (including phenoxy) is 1. The van der Waals surface area contributed by atoms with Gasteiger partial charge in [-0.05, 0) is 49.4 Å². The molecule has 0 aliphatic rings. The van der Waals surface area contributed by atoms with Crippen LogP contribution in [-0.2, 0) is 0 Å². The second kappa shape index (κ2) is 8.69. The summed E-state index contributed by atoms with van der Waals surface area (Å²) in [5, 5.41) is 12.7. The van der Waals surface area contributed by atoms with Crippen molar-refractivity contribution in [2.45, 2.75) is 58.4 Å². The summed E-state index contributed by atoms with van der Waals surface area (Å²) in [7, 11) is 0. The molecule has 0 saturated heterocycles. The van der Waals surface area contributed by atoms with E-state index < -0.39 is 5.54 Å². The summed E-state index contributed by atoms with van der Waals surface area (Å²) in [6.07, 6.45) is 2.51. The molecule has 3 nitrogen and oxygen atoms in total. The van der Waals surface area contributed by atoms with E-state index in [9.17, 15) is 5.26 Å². The van der Waals surface area contributed by atoms with E-state index in [-0.39, 0.29) is 0 Å². The van der Waals surface area contributed by atoms with Crippen LogP contribution in [0.4, 0.5) is 0 Å². The third-order valence-electron chi connectivity index (χ3n) is 3.90. The van der Waals surface area contributed by atoms with E-state index in [0.29, 0.717) is 12.5 Å². The van der Waals surface area contributed by atoms with Gasteiger partial charge in [-0.15, -0.1) is 0 Å². The van der Waals surface area contributed by atoms with Crippen LogP contribution in [0.15, 0.2) is 24.3 Å². The van der Waals surface area contributed by atoms with Gasteiger partial charge >= 0.3 is 0 Å². The third kappa shape index (κ3) is 5.40. The van der Waals surface area contributed by atoms with Crippen LogP contribution in [0.25, 0.3) is 0 Å². The smallest absolute Gasteiger partial charge is 0.119 e. The fourth-order valence-electron chi connectivity index (χ4n) is 2.42. The first-order chi connectivity index (χ1) is 10.1. The average Bonchev–Trinajstić information content (AvgIpc) is 2.51. The van der Waals surface area contributed by atoms with E-state index in [1.165, 1.54) is 5.56 Å². The van der Waals surface area contributed by atoms with Crippen molar-refractivity contribution >= 4 is 0 Å². The predicted octanol–water partition coefficient (Wildman–Crippen LogP) is 4.25. The van der Waals surface area contributed by atoms with Gasteiger partial charge in [0.1, 0.15) is 11.3 Å². The molecule has 1 aromatic rings. The minimum Gasteiger partial charge on any atom is -0.494 e. The number of nitrogens with zero attached hydrogens (tertiary/aromatic N) is 1. The predicted molar refractivity (Wildman–Crippen MR) is 87.6 cm³/mol. The van der Waals surface area contributed by atoms with Crippen molar-refractivity contribution in [1.29, 1.82) is 5.26 Å². The van der Waals surface area contributed by atoms with E-state index in [0.717, 1.165) is 31.6 Å². The zero-order valence-corrected chi connectivity index (χ0v) is 13.8. The maximum Gasteiger partial charge on any atom is 0.119 e. The van der Waals surface area contributed by atoms with Crippen molar-refractivity contribution < 1.29 is 4.74 Å². The summed E-state index contributed by atoms with van der Waals surface area (Å²) in [6, 6.07) is 10.7. The number of hydrogen-bond acceptors (Lipinski definition) is 3. The Morgan fingerprint density at radius 1 is 1.24 bits per heavy atom. The van der Waals surface area contributed by atoms with Crippen LogP contribution in [-0.4, -0.2) is 18.7 Å². The first-order valence-corrected chi connectivity index (χ1v) is 7.96. The molecule has 0 radical (unpaired) electrons. The van der Waals surface area contributed by atoms with Crippen LogP contribution in [0.5, 0.6) is 5.75 Å². The molecule has 1 N–H and O–H groups in total. The maximum atomic E-state index is 9.35. The molecule has 0 heterocycles. The summed E-state index contributed by atoms with van der Waals surface area (Å²) >= 11 is 0. The first kappa shape index (κ1) is 17.5. The molecular weight excluding hydrogens is 260 g/mol. The fourth-order valence-corrected chi connectivity index (χ4v) is 2.42. The highest BCUT2D eigenvalue weighted by Gasteiger charge is 2.25. The van der Waals surface area contributed by atoms with Gasteiger partial charge in [0, 0.05) is 0 Å². The highest BCUT2D eigenvalue weighted by molar-refractivity contribution is 5.28. The van der Waals surface area contributed by atoms with Crippen LogP contribution >= 0.6 is 0 Å². The van der Waals surface area contributed by atoms with Gasteiger partial charge in [0.25, 0.3) is 0 Å². The van der Waals surface area contributed by atoms with Crippen LogP contribution in [0, 0.1) is 11.3 Å². The largest absolute Gasteiger partial charge is 0.494 e. The lowest BCUT2D eigenvalue weighted by atomic mass is 9.92. The molecule has 116 valence electrons. The Hall–Kier alpha value is -1.53. The SMILES string of the molecule is CCNC(C#N)(CC)CCCOc1ccc(C(C)C)cc1. The van der Waals surface area contributed by atoms with Gasteiger partial charge < -0.3 is 4.74 Å². The minimum atomic E-state index is -0.403. The molecule has 21 heavy (non-hydrogen) atoms. The van der Waals surface area contributed by atoms with Crippen molar-refractivity contribution in [1.82, 2.24) is 5.32 Å². The lowest BCUT2D eigenvalue weighted by Gasteiger charge is -2.26. The third-order valence-corrected chi connectivity index (χ3v) is 3.90. The minimum absolute atomic E-state index is 0.403. The monoisotopic (exact) mass is 288 g/mol. The summed E-state index contributed by atoms with van der Waals surface area (Å²) in [5.41, 5.74) is 0.920. The number of nitrogens with one attached hydrogen (secondary N) is 1. The molecule has 0 saturated carbocycles. The Bertz CT molecular complexity index is 447. The Balaban J connectivity index is 2.41. The molecule has 3 heteroatoms. The molecule has 1 aromatic carbocycles. The Labute approximate surface area is 129 Å². The molecule has 1 unspecified atom stereocenters. The van der Waals surface area contributed by atoms with Crippen LogP contribution in [0.2, 0.25) is 0 Å². The van der Waals surface area contributed by atoms with Gasteiger partial charge in [0.2, 0.25) is 0 Å². The van der Waals surface area contributed by atoms with E-state index in [4.69, 9.17) is 4.74 Å². The molecule has 0 spiro atoms. The second-order valence-corrected chi connectivity index (χ2v) is 5.75. The standard InChI is InChI=1S/C18H28N2O/c1-5-18(14-19,20-6-2)12-7-13-21-17-10-8-16(9-11-17)15(3)4/h8-11,15,20H,5-7,12-13H2,1-4H3. The van der Waals surface area contributed by atoms with Crippen LogP contribution in [0.3, 0.4) is 0 Å². The maximum absolute atomic E-state index is 9.35. The molecule has 1 atom stereocenters. The Morgan fingerprint density at radius 3 is 2.38 bits per heavy atom. The van der Waals surface area contributed by atoms with Gasteiger partial charge in [-0.3, -0.25) is 5.32 Å². The highest BCUT2D eigenvalue weighted by atomic mass is 16.5. The number of hydrogen-bond donors (Lipinski definition) is 1. The molecule has 0 fully saturated rings. The summed E-state index contributed by atoms with van der Waals surface area (Å²) < 4.78 is 5.77. The molecule has 0 aliphatic heterocycles. The van der Waals surface area contributed by atoms with Crippen molar-refractivity contribution in [2.24, 2.45) is 0 Å². The molecule has 0 bridgehead atoms. The highest BCUT2D eigenvalue weighted by Crippen LogP contribution is 2.20. The van der Waals surface area contributed by atoms with Gasteiger partial charge in [-0.2, -0.15) is 5.26 Å². The van der Waals surface area contributed by atoms with Crippen molar-refractivity contribution in [3.8, 4) is 11.8 Å². The van der Waals surface area contributed by atoms with Crippen LogP contribution < -0.4 is 10.1 Å². The topological polar surface area (TPSA) is 45.0 Å². The van der Waals surface area contributed by atoms with E-state index in [1.807, 2.05) is 19.1 Å². The van der Waals surface area contributed by atoms with Crippen LogP contribution in [0.1, 0.15) is 58.4 Å². The summed E-state index contributed by atoms with van der Waals surface area (Å²) in [4.78, 5) is 0. The van der Waals surface area contributed by atoms with E-state index >= 15 is 0 Å². The second-order valence-electron chi connectivity index (χ2n) is 5.75. The summed E-state index contributed by atoms with van der Waals surface area (Å²) in [5.74, 6) is 1.45. The molecule has 1 rings (SSSR count). The lowest BCUT2D eigenvalue weighted by Crippen LogP contribution is -2.43. The van der Waals surface area contributed by atoms with Crippen molar-refractivity contribution in [3.05, 3.63) is 29.8 Å². The van der Waals surface area contributed by atoms with Gasteiger partial charge in [0.05, 0.1) is 12.7 Å². The van der Waals surface area contributed by atoms with E-state index in [2.05, 4.69) is 44.3 Å².